The van der Waals surface area contributed by atoms with Crippen molar-refractivity contribution >= 4 is 17.3 Å². The van der Waals surface area contributed by atoms with E-state index in [1.54, 1.807) is 12.1 Å². The molecule has 0 atom stereocenters. The Kier molecular flexibility index (Phi) is 3.64. The van der Waals surface area contributed by atoms with Gasteiger partial charge in [0.15, 0.2) is 0 Å². The van der Waals surface area contributed by atoms with Crippen molar-refractivity contribution in [1.29, 1.82) is 0 Å². The molecule has 4 heteroatoms. The van der Waals surface area contributed by atoms with Gasteiger partial charge in [0.05, 0.1) is 5.69 Å². The molecule has 3 nitrogen and oxygen atoms in total. The molecule has 2 N–H and O–H groups in total. The second-order valence-electron chi connectivity index (χ2n) is 6.14. The maximum Gasteiger partial charge on any atom is 0.224 e. The third-order valence-electron chi connectivity index (χ3n) is 4.46. The van der Waals surface area contributed by atoms with Gasteiger partial charge in [-0.2, -0.15) is 0 Å². The summed E-state index contributed by atoms with van der Waals surface area (Å²) >= 11 is 0. The summed E-state index contributed by atoms with van der Waals surface area (Å²) in [5.41, 5.74) is 2.17. The van der Waals surface area contributed by atoms with Crippen LogP contribution in [0.25, 0.3) is 0 Å². The van der Waals surface area contributed by atoms with Gasteiger partial charge in [-0.1, -0.05) is 6.92 Å². The highest BCUT2D eigenvalue weighted by molar-refractivity contribution is 5.94. The van der Waals surface area contributed by atoms with Crippen LogP contribution in [0.1, 0.15) is 44.6 Å². The Morgan fingerprint density at radius 1 is 1.20 bits per heavy atom. The molecular weight excluding hydrogens is 255 g/mol. The van der Waals surface area contributed by atoms with Crippen LogP contribution in [0.15, 0.2) is 12.1 Å². The first-order chi connectivity index (χ1) is 9.61. The van der Waals surface area contributed by atoms with Crippen LogP contribution in [-0.2, 0) is 11.2 Å². The van der Waals surface area contributed by atoms with Crippen LogP contribution in [0.5, 0.6) is 0 Å². The van der Waals surface area contributed by atoms with Gasteiger partial charge in [0.1, 0.15) is 5.82 Å². The Morgan fingerprint density at radius 3 is 2.70 bits per heavy atom. The van der Waals surface area contributed by atoms with Gasteiger partial charge in [0.2, 0.25) is 5.91 Å². The molecule has 0 bridgehead atoms. The fraction of sp³-hybridized carbons (Fsp3) is 0.562. The molecular formula is C16H21FN2O. The lowest BCUT2D eigenvalue weighted by atomic mass is 9.87. The highest BCUT2D eigenvalue weighted by Gasteiger charge is 2.21. The molecule has 108 valence electrons. The standard InChI is InChI=1S/C16H21FN2O/c1-10-2-5-12(6-3-10)18-15-9-14-11(8-13(15)17)4-7-16(20)19-14/h8-10,12,18H,2-7H2,1H3,(H,19,20). The summed E-state index contributed by atoms with van der Waals surface area (Å²) in [5.74, 6) is 0.584. The second kappa shape index (κ2) is 5.43. The van der Waals surface area contributed by atoms with Crippen molar-refractivity contribution in [1.82, 2.24) is 0 Å². The SMILES string of the molecule is CC1CCC(Nc2cc3c(cc2F)CCC(=O)N3)CC1. The highest BCUT2D eigenvalue weighted by atomic mass is 19.1. The summed E-state index contributed by atoms with van der Waals surface area (Å²) in [7, 11) is 0. The number of halogens is 1. The molecule has 0 spiro atoms. The van der Waals surface area contributed by atoms with Crippen molar-refractivity contribution in [2.24, 2.45) is 5.92 Å². The van der Waals surface area contributed by atoms with Crippen LogP contribution in [0.3, 0.4) is 0 Å². The molecule has 1 aromatic carbocycles. The molecule has 1 amide bonds. The summed E-state index contributed by atoms with van der Waals surface area (Å²) in [6.07, 6.45) is 5.63. The molecule has 0 saturated heterocycles. The van der Waals surface area contributed by atoms with Crippen molar-refractivity contribution in [3.05, 3.63) is 23.5 Å². The zero-order valence-corrected chi connectivity index (χ0v) is 11.8. The number of carbonyl (C=O) groups is 1. The summed E-state index contributed by atoms with van der Waals surface area (Å²) in [4.78, 5) is 11.4. The first-order valence-electron chi connectivity index (χ1n) is 7.50. The van der Waals surface area contributed by atoms with Gasteiger partial charge in [-0.25, -0.2) is 4.39 Å². The summed E-state index contributed by atoms with van der Waals surface area (Å²) < 4.78 is 14.1. The fourth-order valence-corrected chi connectivity index (χ4v) is 3.13. The maximum absolute atomic E-state index is 14.1. The van der Waals surface area contributed by atoms with Gasteiger partial charge < -0.3 is 10.6 Å². The number of benzene rings is 1. The molecule has 1 aliphatic carbocycles. The molecule has 0 radical (unpaired) electrons. The molecule has 0 unspecified atom stereocenters. The van der Waals surface area contributed by atoms with E-state index in [2.05, 4.69) is 17.6 Å². The van der Waals surface area contributed by atoms with Gasteiger partial charge in [-0.3, -0.25) is 4.79 Å². The molecule has 0 aromatic heterocycles. The van der Waals surface area contributed by atoms with Crippen LogP contribution < -0.4 is 10.6 Å². The first kappa shape index (κ1) is 13.4. The number of anilines is 2. The topological polar surface area (TPSA) is 41.1 Å². The molecule has 3 rings (SSSR count). The summed E-state index contributed by atoms with van der Waals surface area (Å²) in [6, 6.07) is 3.65. The van der Waals surface area contributed by atoms with Crippen LogP contribution in [0.2, 0.25) is 0 Å². The minimum absolute atomic E-state index is 0.0153. The summed E-state index contributed by atoms with van der Waals surface area (Å²) in [6.45, 7) is 2.27. The third-order valence-corrected chi connectivity index (χ3v) is 4.46. The van der Waals surface area contributed by atoms with Crippen molar-refractivity contribution in [3.63, 3.8) is 0 Å². The van der Waals surface area contributed by atoms with Crippen molar-refractivity contribution in [2.45, 2.75) is 51.5 Å². The number of hydrogen-bond acceptors (Lipinski definition) is 2. The van der Waals surface area contributed by atoms with E-state index in [4.69, 9.17) is 0 Å². The van der Waals surface area contributed by atoms with Gasteiger partial charge >= 0.3 is 0 Å². The Bertz CT molecular complexity index is 521. The zero-order valence-electron chi connectivity index (χ0n) is 11.8. The van der Waals surface area contributed by atoms with Gasteiger partial charge in [-0.15, -0.1) is 0 Å². The van der Waals surface area contributed by atoms with Crippen molar-refractivity contribution < 1.29 is 9.18 Å². The largest absolute Gasteiger partial charge is 0.380 e. The number of rotatable bonds is 2. The predicted octanol–water partition coefficient (Wildman–Crippen LogP) is 3.70. The monoisotopic (exact) mass is 276 g/mol. The molecule has 1 aliphatic heterocycles. The second-order valence-corrected chi connectivity index (χ2v) is 6.14. The molecule has 1 aromatic rings. The van der Waals surface area contributed by atoms with E-state index in [1.807, 2.05) is 0 Å². The summed E-state index contributed by atoms with van der Waals surface area (Å²) in [5, 5.41) is 6.13. The lowest BCUT2D eigenvalue weighted by Gasteiger charge is -2.28. The molecule has 1 heterocycles. The average molecular weight is 276 g/mol. The minimum Gasteiger partial charge on any atom is -0.380 e. The number of carbonyl (C=O) groups excluding carboxylic acids is 1. The number of hydrogen-bond donors (Lipinski definition) is 2. The number of aryl methyl sites for hydroxylation is 1. The quantitative estimate of drug-likeness (QED) is 0.864. The predicted molar refractivity (Wildman–Crippen MR) is 78.4 cm³/mol. The highest BCUT2D eigenvalue weighted by Crippen LogP contribution is 2.31. The fourth-order valence-electron chi connectivity index (χ4n) is 3.13. The van der Waals surface area contributed by atoms with Crippen LogP contribution >= 0.6 is 0 Å². The molecule has 1 fully saturated rings. The smallest absolute Gasteiger partial charge is 0.224 e. The maximum atomic E-state index is 14.1. The lowest BCUT2D eigenvalue weighted by molar-refractivity contribution is -0.116. The number of nitrogens with one attached hydrogen (secondary N) is 2. The van der Waals surface area contributed by atoms with E-state index in [0.29, 0.717) is 24.6 Å². The van der Waals surface area contributed by atoms with Crippen LogP contribution in [0.4, 0.5) is 15.8 Å². The average Bonchev–Trinajstić information content (AvgIpc) is 2.42. The Hall–Kier alpha value is -1.58. The van der Waals surface area contributed by atoms with Gasteiger partial charge in [0, 0.05) is 18.2 Å². The van der Waals surface area contributed by atoms with Crippen LogP contribution in [-0.4, -0.2) is 11.9 Å². The van der Waals surface area contributed by atoms with E-state index < -0.39 is 0 Å². The lowest BCUT2D eigenvalue weighted by Crippen LogP contribution is -2.26. The van der Waals surface area contributed by atoms with Gasteiger partial charge in [0.25, 0.3) is 0 Å². The normalized spacial score (nSPS) is 25.8. The molecule has 1 saturated carbocycles. The number of amides is 1. The third kappa shape index (κ3) is 2.79. The van der Waals surface area contributed by atoms with E-state index in [0.717, 1.165) is 30.0 Å². The van der Waals surface area contributed by atoms with E-state index in [9.17, 15) is 9.18 Å². The zero-order chi connectivity index (χ0) is 14.1. The van der Waals surface area contributed by atoms with E-state index in [1.165, 1.54) is 12.8 Å². The minimum atomic E-state index is -0.210. The van der Waals surface area contributed by atoms with Crippen molar-refractivity contribution in [2.75, 3.05) is 10.6 Å². The number of fused-ring (bicyclic) bond motifs is 1. The van der Waals surface area contributed by atoms with E-state index in [-0.39, 0.29) is 11.7 Å². The van der Waals surface area contributed by atoms with Gasteiger partial charge in [-0.05, 0) is 55.7 Å². The van der Waals surface area contributed by atoms with Crippen molar-refractivity contribution in [3.8, 4) is 0 Å². The molecule has 20 heavy (non-hydrogen) atoms. The Labute approximate surface area is 118 Å². The Morgan fingerprint density at radius 2 is 1.95 bits per heavy atom. The first-order valence-corrected chi connectivity index (χ1v) is 7.50. The van der Waals surface area contributed by atoms with Crippen LogP contribution in [0, 0.1) is 11.7 Å². The van der Waals surface area contributed by atoms with E-state index >= 15 is 0 Å². The molecule has 2 aliphatic rings. The Balaban J connectivity index is 1.76.